The number of hydrogen-bond acceptors (Lipinski definition) is 3. The molecule has 66 valence electrons. The summed E-state index contributed by atoms with van der Waals surface area (Å²) in [4.78, 5) is 11.0. The molecule has 2 aromatic rings. The Hall–Kier alpha value is -1.84. The summed E-state index contributed by atoms with van der Waals surface area (Å²) in [6.45, 7) is 0. The van der Waals surface area contributed by atoms with E-state index in [-0.39, 0.29) is 5.43 Å². The summed E-state index contributed by atoms with van der Waals surface area (Å²) < 4.78 is 6.81. The zero-order valence-electron chi connectivity index (χ0n) is 7.10. The predicted octanol–water partition coefficient (Wildman–Crippen LogP) is 1.04. The van der Waals surface area contributed by atoms with E-state index in [4.69, 9.17) is 4.42 Å². The van der Waals surface area contributed by atoms with Crippen LogP contribution in [0, 0.1) is 0 Å². The van der Waals surface area contributed by atoms with Crippen LogP contribution < -0.4 is 5.43 Å². The monoisotopic (exact) mass is 176 g/mol. The van der Waals surface area contributed by atoms with Gasteiger partial charge < -0.3 is 4.42 Å². The van der Waals surface area contributed by atoms with Gasteiger partial charge in [-0.25, -0.2) is 0 Å². The fourth-order valence-electron chi connectivity index (χ4n) is 1.09. The summed E-state index contributed by atoms with van der Waals surface area (Å²) in [5, 5.41) is 3.98. The number of rotatable bonds is 1. The summed E-state index contributed by atoms with van der Waals surface area (Å²) in [5.41, 5.74) is 0.741. The molecule has 2 aromatic heterocycles. The molecule has 0 aliphatic rings. The van der Waals surface area contributed by atoms with Gasteiger partial charge in [0.2, 0.25) is 0 Å². The summed E-state index contributed by atoms with van der Waals surface area (Å²) in [7, 11) is 1.81. The van der Waals surface area contributed by atoms with Crippen molar-refractivity contribution in [3.8, 4) is 11.3 Å². The van der Waals surface area contributed by atoms with Crippen LogP contribution in [0.4, 0.5) is 0 Å². The Labute approximate surface area is 74.4 Å². The molecule has 0 aliphatic heterocycles. The second kappa shape index (κ2) is 2.90. The average molecular weight is 176 g/mol. The fraction of sp³-hybridized carbons (Fsp3) is 0.111. The fourth-order valence-corrected chi connectivity index (χ4v) is 1.09. The lowest BCUT2D eigenvalue weighted by atomic mass is 10.2. The molecule has 0 saturated carbocycles. The van der Waals surface area contributed by atoms with Crippen LogP contribution in [0.5, 0.6) is 0 Å². The largest absolute Gasteiger partial charge is 0.464 e. The highest BCUT2D eigenvalue weighted by Gasteiger charge is 2.02. The van der Waals surface area contributed by atoms with E-state index in [1.165, 1.54) is 18.4 Å². The van der Waals surface area contributed by atoms with Crippen molar-refractivity contribution in [1.82, 2.24) is 9.78 Å². The molecule has 4 heteroatoms. The van der Waals surface area contributed by atoms with Crippen molar-refractivity contribution >= 4 is 0 Å². The quantitative estimate of drug-likeness (QED) is 0.652. The van der Waals surface area contributed by atoms with E-state index in [2.05, 4.69) is 5.10 Å². The van der Waals surface area contributed by atoms with E-state index in [9.17, 15) is 4.79 Å². The van der Waals surface area contributed by atoms with E-state index >= 15 is 0 Å². The molecule has 0 saturated heterocycles. The molecule has 0 N–H and O–H groups in total. The van der Waals surface area contributed by atoms with Gasteiger partial charge in [-0.05, 0) is 0 Å². The van der Waals surface area contributed by atoms with Gasteiger partial charge in [-0.1, -0.05) is 0 Å². The zero-order chi connectivity index (χ0) is 9.26. The van der Waals surface area contributed by atoms with Crippen LogP contribution in [0.2, 0.25) is 0 Å². The number of aryl methyl sites for hydroxylation is 1. The predicted molar refractivity (Wildman–Crippen MR) is 47.2 cm³/mol. The minimum Gasteiger partial charge on any atom is -0.464 e. The van der Waals surface area contributed by atoms with E-state index < -0.39 is 0 Å². The van der Waals surface area contributed by atoms with Gasteiger partial charge in [-0.3, -0.25) is 9.48 Å². The third-order valence-corrected chi connectivity index (χ3v) is 1.69. The summed E-state index contributed by atoms with van der Waals surface area (Å²) in [6.07, 6.45) is 4.82. The third kappa shape index (κ3) is 1.51. The van der Waals surface area contributed by atoms with Crippen molar-refractivity contribution in [3.63, 3.8) is 0 Å². The van der Waals surface area contributed by atoms with Gasteiger partial charge in [0.15, 0.2) is 5.43 Å². The Bertz CT molecular complexity index is 470. The zero-order valence-corrected chi connectivity index (χ0v) is 7.10. The van der Waals surface area contributed by atoms with E-state index in [1.54, 1.807) is 17.1 Å². The Morgan fingerprint density at radius 3 is 3.00 bits per heavy atom. The molecule has 2 heterocycles. The van der Waals surface area contributed by atoms with Crippen LogP contribution in [0.3, 0.4) is 0 Å². The Kier molecular flexibility index (Phi) is 1.73. The van der Waals surface area contributed by atoms with Crippen LogP contribution >= 0.6 is 0 Å². The molecule has 0 unspecified atom stereocenters. The van der Waals surface area contributed by atoms with Gasteiger partial charge in [0.1, 0.15) is 5.76 Å². The molecule has 0 radical (unpaired) electrons. The van der Waals surface area contributed by atoms with E-state index in [0.717, 1.165) is 5.56 Å². The summed E-state index contributed by atoms with van der Waals surface area (Å²) >= 11 is 0. The number of hydrogen-bond donors (Lipinski definition) is 0. The Morgan fingerprint density at radius 2 is 2.38 bits per heavy atom. The molecule has 0 fully saturated rings. The van der Waals surface area contributed by atoms with Crippen molar-refractivity contribution in [2.75, 3.05) is 0 Å². The molecular formula is C9H8N2O2. The first-order chi connectivity index (χ1) is 6.25. The first kappa shape index (κ1) is 7.79. The van der Waals surface area contributed by atoms with Crippen LogP contribution in [0.15, 0.2) is 40.0 Å². The first-order valence-electron chi connectivity index (χ1n) is 3.83. The summed E-state index contributed by atoms with van der Waals surface area (Å²) in [6, 6.07) is 2.82. The smallest absolute Gasteiger partial charge is 0.185 e. The molecule has 0 aliphatic carbocycles. The lowest BCUT2D eigenvalue weighted by Crippen LogP contribution is -1.94. The molecule has 0 bridgehead atoms. The number of aromatic nitrogens is 2. The second-order valence-electron chi connectivity index (χ2n) is 2.73. The molecule has 4 nitrogen and oxygen atoms in total. The molecule has 0 amide bonds. The second-order valence-corrected chi connectivity index (χ2v) is 2.73. The van der Waals surface area contributed by atoms with Crippen molar-refractivity contribution in [3.05, 3.63) is 41.0 Å². The minimum absolute atomic E-state index is 0.0647. The van der Waals surface area contributed by atoms with Gasteiger partial charge in [-0.15, -0.1) is 0 Å². The van der Waals surface area contributed by atoms with Gasteiger partial charge in [0, 0.05) is 25.4 Å². The molecule has 0 spiro atoms. The van der Waals surface area contributed by atoms with Gasteiger partial charge in [0.25, 0.3) is 0 Å². The maximum atomic E-state index is 11.0. The topological polar surface area (TPSA) is 48.0 Å². The summed E-state index contributed by atoms with van der Waals surface area (Å²) in [5.74, 6) is 0.542. The van der Waals surface area contributed by atoms with E-state index in [1.807, 2.05) is 7.05 Å². The van der Waals surface area contributed by atoms with Crippen LogP contribution in [-0.4, -0.2) is 9.78 Å². The molecule has 0 atom stereocenters. The molecule has 0 aromatic carbocycles. The Balaban J connectivity index is 2.52. The highest BCUT2D eigenvalue weighted by molar-refractivity contribution is 5.53. The van der Waals surface area contributed by atoms with E-state index in [0.29, 0.717) is 5.76 Å². The van der Waals surface area contributed by atoms with Crippen molar-refractivity contribution in [2.24, 2.45) is 7.05 Å². The average Bonchev–Trinajstić information content (AvgIpc) is 2.52. The molecule has 13 heavy (non-hydrogen) atoms. The normalized spacial score (nSPS) is 10.2. The van der Waals surface area contributed by atoms with Crippen LogP contribution in [0.25, 0.3) is 11.3 Å². The molecular weight excluding hydrogens is 168 g/mol. The van der Waals surface area contributed by atoms with Gasteiger partial charge in [-0.2, -0.15) is 5.10 Å². The van der Waals surface area contributed by atoms with Gasteiger partial charge in [0.05, 0.1) is 18.0 Å². The lowest BCUT2D eigenvalue weighted by Gasteiger charge is -1.92. The van der Waals surface area contributed by atoms with Crippen molar-refractivity contribution in [1.29, 1.82) is 0 Å². The van der Waals surface area contributed by atoms with Crippen molar-refractivity contribution in [2.45, 2.75) is 0 Å². The van der Waals surface area contributed by atoms with Gasteiger partial charge >= 0.3 is 0 Å². The Morgan fingerprint density at radius 1 is 1.54 bits per heavy atom. The first-order valence-corrected chi connectivity index (χ1v) is 3.83. The highest BCUT2D eigenvalue weighted by Crippen LogP contribution is 2.15. The minimum atomic E-state index is -0.0647. The lowest BCUT2D eigenvalue weighted by molar-refractivity contribution is 0.564. The SMILES string of the molecule is Cn1cc(-c2cc(=O)cco2)cn1. The number of nitrogens with zero attached hydrogens (tertiary/aromatic N) is 2. The maximum absolute atomic E-state index is 11.0. The third-order valence-electron chi connectivity index (χ3n) is 1.69. The molecule has 2 rings (SSSR count). The van der Waals surface area contributed by atoms with Crippen LogP contribution in [0.1, 0.15) is 0 Å². The van der Waals surface area contributed by atoms with Crippen LogP contribution in [-0.2, 0) is 7.05 Å². The van der Waals surface area contributed by atoms with Crippen molar-refractivity contribution < 1.29 is 4.42 Å². The highest BCUT2D eigenvalue weighted by atomic mass is 16.3. The maximum Gasteiger partial charge on any atom is 0.185 e. The standard InChI is InChI=1S/C9H8N2O2/c1-11-6-7(5-10-11)9-4-8(12)2-3-13-9/h2-6H,1H3.